The number of unbranched alkanes of at least 4 members (excludes halogenated alkanes) is 2. The molecule has 0 heterocycles. The van der Waals surface area contributed by atoms with Crippen molar-refractivity contribution in [2.45, 2.75) is 33.1 Å². The van der Waals surface area contributed by atoms with Gasteiger partial charge in [0, 0.05) is 5.56 Å². The third-order valence-corrected chi connectivity index (χ3v) is 2.62. The lowest BCUT2D eigenvalue weighted by Gasteiger charge is -2.04. The number of Topliss-reactive ketones (excluding diaryl/α,β-unsaturated/α-hetero) is 1. The number of ketones is 1. The third kappa shape index (κ3) is 4.58. The minimum Gasteiger partial charge on any atom is -0.310 e. The van der Waals surface area contributed by atoms with E-state index in [0.717, 1.165) is 18.5 Å². The molecule has 0 aliphatic carbocycles. The predicted molar refractivity (Wildman–Crippen MR) is 67.9 cm³/mol. The highest BCUT2D eigenvalue weighted by molar-refractivity contribution is 5.97. The van der Waals surface area contributed by atoms with E-state index in [1.165, 1.54) is 18.4 Å². The first-order valence-corrected chi connectivity index (χ1v) is 6.04. The Bertz CT molecular complexity index is 316. The van der Waals surface area contributed by atoms with Crippen LogP contribution in [0.15, 0.2) is 24.3 Å². The van der Waals surface area contributed by atoms with Gasteiger partial charge in [-0.25, -0.2) is 0 Å². The van der Waals surface area contributed by atoms with Crippen LogP contribution in [0.2, 0.25) is 0 Å². The molecule has 0 atom stereocenters. The molecule has 1 aromatic carbocycles. The van der Waals surface area contributed by atoms with Gasteiger partial charge in [0.05, 0.1) is 6.54 Å². The molecule has 2 heteroatoms. The molecular formula is C14H21NO. The molecule has 0 amide bonds. The molecule has 0 aliphatic heterocycles. The molecule has 0 aromatic heterocycles. The highest BCUT2D eigenvalue weighted by Crippen LogP contribution is 2.03. The second-order valence-corrected chi connectivity index (χ2v) is 4.17. The fraction of sp³-hybridized carbons (Fsp3) is 0.500. The predicted octanol–water partition coefficient (Wildman–Crippen LogP) is 2.96. The van der Waals surface area contributed by atoms with Crippen molar-refractivity contribution in [3.8, 4) is 0 Å². The summed E-state index contributed by atoms with van der Waals surface area (Å²) in [5, 5.41) is 3.18. The molecule has 0 aliphatic rings. The molecule has 0 fully saturated rings. The van der Waals surface area contributed by atoms with Gasteiger partial charge >= 0.3 is 0 Å². The summed E-state index contributed by atoms with van der Waals surface area (Å²) in [4.78, 5) is 11.7. The van der Waals surface area contributed by atoms with E-state index in [9.17, 15) is 4.79 Å². The van der Waals surface area contributed by atoms with Crippen LogP contribution in [0.25, 0.3) is 0 Å². The number of benzene rings is 1. The number of nitrogens with one attached hydrogen (secondary N) is 1. The first kappa shape index (κ1) is 12.9. The lowest BCUT2D eigenvalue weighted by molar-refractivity contribution is 0.0991. The molecule has 0 radical (unpaired) electrons. The summed E-state index contributed by atoms with van der Waals surface area (Å²) >= 11 is 0. The van der Waals surface area contributed by atoms with Crippen LogP contribution in [0.4, 0.5) is 0 Å². The number of carbonyl (C=O) groups excluding carboxylic acids is 1. The van der Waals surface area contributed by atoms with Crippen LogP contribution in [0, 0.1) is 6.92 Å². The topological polar surface area (TPSA) is 29.1 Å². The second-order valence-electron chi connectivity index (χ2n) is 4.17. The van der Waals surface area contributed by atoms with Crippen molar-refractivity contribution < 1.29 is 4.79 Å². The molecule has 0 saturated heterocycles. The molecule has 2 nitrogen and oxygen atoms in total. The zero-order chi connectivity index (χ0) is 11.8. The second kappa shape index (κ2) is 7.18. The standard InChI is InChI=1S/C14H21NO/c1-3-4-5-10-15-11-14(16)13-8-6-12(2)7-9-13/h6-9,15H,3-5,10-11H2,1-2H3. The summed E-state index contributed by atoms with van der Waals surface area (Å²) in [5.74, 6) is 0.177. The van der Waals surface area contributed by atoms with Crippen molar-refractivity contribution >= 4 is 5.78 Å². The fourth-order valence-electron chi connectivity index (χ4n) is 1.54. The van der Waals surface area contributed by atoms with E-state index in [1.54, 1.807) is 0 Å². The maximum Gasteiger partial charge on any atom is 0.176 e. The lowest BCUT2D eigenvalue weighted by Crippen LogP contribution is -2.23. The van der Waals surface area contributed by atoms with Gasteiger partial charge in [-0.3, -0.25) is 4.79 Å². The number of rotatable bonds is 7. The van der Waals surface area contributed by atoms with E-state index < -0.39 is 0 Å². The first-order valence-electron chi connectivity index (χ1n) is 6.04. The van der Waals surface area contributed by atoms with Crippen LogP contribution in [-0.4, -0.2) is 18.9 Å². The monoisotopic (exact) mass is 219 g/mol. The Morgan fingerprint density at radius 3 is 2.50 bits per heavy atom. The van der Waals surface area contributed by atoms with Gasteiger partial charge in [0.2, 0.25) is 0 Å². The number of carbonyl (C=O) groups is 1. The molecule has 1 N–H and O–H groups in total. The quantitative estimate of drug-likeness (QED) is 0.564. The largest absolute Gasteiger partial charge is 0.310 e. The average Bonchev–Trinajstić information content (AvgIpc) is 2.29. The minimum absolute atomic E-state index is 0.177. The molecule has 1 rings (SSSR count). The lowest BCUT2D eigenvalue weighted by atomic mass is 10.1. The summed E-state index contributed by atoms with van der Waals surface area (Å²) in [6, 6.07) is 7.74. The summed E-state index contributed by atoms with van der Waals surface area (Å²) in [5.41, 5.74) is 1.99. The molecular weight excluding hydrogens is 198 g/mol. The number of hydrogen-bond donors (Lipinski definition) is 1. The van der Waals surface area contributed by atoms with Crippen molar-refractivity contribution in [1.29, 1.82) is 0 Å². The van der Waals surface area contributed by atoms with E-state index in [-0.39, 0.29) is 5.78 Å². The van der Waals surface area contributed by atoms with E-state index in [2.05, 4.69) is 12.2 Å². The van der Waals surface area contributed by atoms with Crippen molar-refractivity contribution in [2.75, 3.05) is 13.1 Å². The van der Waals surface area contributed by atoms with Gasteiger partial charge in [0.1, 0.15) is 0 Å². The smallest absolute Gasteiger partial charge is 0.176 e. The van der Waals surface area contributed by atoms with Crippen LogP contribution < -0.4 is 5.32 Å². The third-order valence-electron chi connectivity index (χ3n) is 2.62. The molecule has 16 heavy (non-hydrogen) atoms. The normalized spacial score (nSPS) is 10.4. The summed E-state index contributed by atoms with van der Waals surface area (Å²) in [6.07, 6.45) is 3.59. The van der Waals surface area contributed by atoms with E-state index in [4.69, 9.17) is 0 Å². The van der Waals surface area contributed by atoms with Gasteiger partial charge in [-0.2, -0.15) is 0 Å². The number of hydrogen-bond acceptors (Lipinski definition) is 2. The molecule has 0 bridgehead atoms. The Morgan fingerprint density at radius 1 is 1.19 bits per heavy atom. The van der Waals surface area contributed by atoms with Gasteiger partial charge in [-0.15, -0.1) is 0 Å². The Kier molecular flexibility index (Phi) is 5.79. The average molecular weight is 219 g/mol. The highest BCUT2D eigenvalue weighted by atomic mass is 16.1. The minimum atomic E-state index is 0.177. The van der Waals surface area contributed by atoms with Crippen molar-refractivity contribution in [2.24, 2.45) is 0 Å². The molecule has 88 valence electrons. The first-order chi connectivity index (χ1) is 7.74. The van der Waals surface area contributed by atoms with Crippen LogP contribution in [-0.2, 0) is 0 Å². The molecule has 0 saturated carbocycles. The highest BCUT2D eigenvalue weighted by Gasteiger charge is 2.03. The SMILES string of the molecule is CCCCCNCC(=O)c1ccc(C)cc1. The van der Waals surface area contributed by atoms with Crippen molar-refractivity contribution in [3.05, 3.63) is 35.4 Å². The molecule has 0 unspecified atom stereocenters. The van der Waals surface area contributed by atoms with E-state index in [1.807, 2.05) is 31.2 Å². The van der Waals surface area contributed by atoms with Gasteiger partial charge in [0.25, 0.3) is 0 Å². The zero-order valence-corrected chi connectivity index (χ0v) is 10.3. The Morgan fingerprint density at radius 2 is 1.88 bits per heavy atom. The van der Waals surface area contributed by atoms with Crippen LogP contribution in [0.1, 0.15) is 42.1 Å². The van der Waals surface area contributed by atoms with Crippen molar-refractivity contribution in [3.63, 3.8) is 0 Å². The Labute approximate surface area is 98.1 Å². The van der Waals surface area contributed by atoms with Crippen LogP contribution in [0.3, 0.4) is 0 Å². The summed E-state index contributed by atoms with van der Waals surface area (Å²) < 4.78 is 0. The Hall–Kier alpha value is -1.15. The maximum absolute atomic E-state index is 11.7. The Balaban J connectivity index is 2.27. The van der Waals surface area contributed by atoms with Crippen LogP contribution in [0.5, 0.6) is 0 Å². The zero-order valence-electron chi connectivity index (χ0n) is 10.3. The van der Waals surface area contributed by atoms with Gasteiger partial charge in [-0.1, -0.05) is 49.6 Å². The van der Waals surface area contributed by atoms with Crippen molar-refractivity contribution in [1.82, 2.24) is 5.32 Å². The van der Waals surface area contributed by atoms with Crippen LogP contribution >= 0.6 is 0 Å². The van der Waals surface area contributed by atoms with Gasteiger partial charge in [-0.05, 0) is 19.9 Å². The van der Waals surface area contributed by atoms with Gasteiger partial charge in [0.15, 0.2) is 5.78 Å². The van der Waals surface area contributed by atoms with E-state index >= 15 is 0 Å². The number of aryl methyl sites for hydroxylation is 1. The van der Waals surface area contributed by atoms with E-state index in [0.29, 0.717) is 6.54 Å². The maximum atomic E-state index is 11.7. The summed E-state index contributed by atoms with van der Waals surface area (Å²) in [6.45, 7) is 5.59. The summed E-state index contributed by atoms with van der Waals surface area (Å²) in [7, 11) is 0. The fourth-order valence-corrected chi connectivity index (χ4v) is 1.54. The molecule has 1 aromatic rings. The van der Waals surface area contributed by atoms with Gasteiger partial charge < -0.3 is 5.32 Å². The molecule has 0 spiro atoms.